The van der Waals surface area contributed by atoms with Crippen molar-refractivity contribution in [2.75, 3.05) is 6.61 Å². The fraction of sp³-hybridized carbons (Fsp3) is 0.652. The largest absolute Gasteiger partial charge is 0.491 e. The molecule has 7 heteroatoms. The van der Waals surface area contributed by atoms with Gasteiger partial charge in [0.15, 0.2) is 8.32 Å². The molecule has 3 rings (SSSR count). The molecule has 1 fully saturated rings. The van der Waals surface area contributed by atoms with E-state index in [1.165, 1.54) is 0 Å². The molecule has 1 aromatic carbocycles. The second-order valence-corrected chi connectivity index (χ2v) is 15.6. The summed E-state index contributed by atoms with van der Waals surface area (Å²) in [5.41, 5.74) is 5.34. The summed E-state index contributed by atoms with van der Waals surface area (Å²) in [6.45, 7) is 16.1. The van der Waals surface area contributed by atoms with Gasteiger partial charge in [0.05, 0.1) is 17.3 Å². The zero-order valence-corrected chi connectivity index (χ0v) is 21.0. The summed E-state index contributed by atoms with van der Waals surface area (Å²) in [5.74, 6) is 1.26. The minimum atomic E-state index is -1.70. The monoisotopic (exact) mass is 450 g/mol. The highest BCUT2D eigenvalue weighted by Crippen LogP contribution is 2.42. The van der Waals surface area contributed by atoms with Gasteiger partial charge in [-0.05, 0) is 61.5 Å². The van der Waals surface area contributed by atoms with Gasteiger partial charge >= 0.3 is 0 Å². The molecule has 1 saturated carbocycles. The zero-order valence-electron chi connectivity index (χ0n) is 19.3. The van der Waals surface area contributed by atoms with Crippen LogP contribution in [0.1, 0.15) is 58.1 Å². The predicted molar refractivity (Wildman–Crippen MR) is 125 cm³/mol. The number of amides is 1. The highest BCUT2D eigenvalue weighted by atomic mass is 35.5. The van der Waals surface area contributed by atoms with E-state index < -0.39 is 8.32 Å². The molecule has 1 aromatic rings. The highest BCUT2D eigenvalue weighted by molar-refractivity contribution is 6.74. The molecular weight excluding hydrogens is 416 g/mol. The average Bonchev–Trinajstić information content (AvgIpc) is 2.57. The SMILES string of the molecule is Cc1cc(C2=NNC(=O)CC2C)cc(Cl)c1OCC1CC(O[Si](C)(C)C(C)(C)C)C1. The molecule has 166 valence electrons. The first-order valence-electron chi connectivity index (χ1n) is 10.8. The van der Waals surface area contributed by atoms with Gasteiger partial charge in [-0.25, -0.2) is 5.43 Å². The Hall–Kier alpha value is -1.37. The Morgan fingerprint density at radius 3 is 2.50 bits per heavy atom. The van der Waals surface area contributed by atoms with Gasteiger partial charge in [-0.15, -0.1) is 0 Å². The van der Waals surface area contributed by atoms with Crippen LogP contribution in [0, 0.1) is 18.8 Å². The van der Waals surface area contributed by atoms with Crippen LogP contribution >= 0.6 is 11.6 Å². The van der Waals surface area contributed by atoms with Gasteiger partial charge in [-0.2, -0.15) is 5.10 Å². The summed E-state index contributed by atoms with van der Waals surface area (Å²) in [6, 6.07) is 3.93. The number of carbonyl (C=O) groups is 1. The third kappa shape index (κ3) is 5.09. The first kappa shape index (κ1) is 23.3. The third-order valence-electron chi connectivity index (χ3n) is 6.71. The summed E-state index contributed by atoms with van der Waals surface area (Å²) >= 11 is 6.55. The van der Waals surface area contributed by atoms with Gasteiger partial charge in [-0.3, -0.25) is 4.79 Å². The van der Waals surface area contributed by atoms with Crippen LogP contribution in [0.4, 0.5) is 0 Å². The Balaban J connectivity index is 1.57. The molecule has 1 aliphatic carbocycles. The average molecular weight is 451 g/mol. The van der Waals surface area contributed by atoms with Gasteiger partial charge in [0.25, 0.3) is 0 Å². The second-order valence-electron chi connectivity index (χ2n) is 10.4. The number of hydrogen-bond acceptors (Lipinski definition) is 4. The number of halogens is 1. The molecule has 0 aromatic heterocycles. The number of aryl methyl sites for hydroxylation is 1. The topological polar surface area (TPSA) is 59.9 Å². The standard InChI is InChI=1S/C23H35ClN2O3Si/c1-14-9-20(27)25-26-21(14)17-8-15(2)22(19(24)12-17)28-13-16-10-18(11-16)29-30(6,7)23(3,4)5/h8,12,14,16,18H,9-11,13H2,1-7H3,(H,25,27). The quantitative estimate of drug-likeness (QED) is 0.566. The van der Waals surface area contributed by atoms with E-state index in [1.54, 1.807) is 0 Å². The smallest absolute Gasteiger partial charge is 0.240 e. The normalized spacial score (nSPS) is 24.7. The lowest BCUT2D eigenvalue weighted by Crippen LogP contribution is -2.48. The van der Waals surface area contributed by atoms with Crippen molar-refractivity contribution in [1.29, 1.82) is 0 Å². The number of hydrazone groups is 1. The first-order valence-corrected chi connectivity index (χ1v) is 14.1. The highest BCUT2D eigenvalue weighted by Gasteiger charge is 2.42. The molecule has 1 amide bonds. The molecule has 5 nitrogen and oxygen atoms in total. The Labute approximate surface area is 186 Å². The lowest BCUT2D eigenvalue weighted by Gasteiger charge is -2.44. The van der Waals surface area contributed by atoms with Gasteiger partial charge in [0.2, 0.25) is 5.91 Å². The minimum Gasteiger partial charge on any atom is -0.491 e. The molecule has 1 N–H and O–H groups in total. The fourth-order valence-electron chi connectivity index (χ4n) is 3.77. The molecule has 1 atom stereocenters. The molecule has 1 heterocycles. The summed E-state index contributed by atoms with van der Waals surface area (Å²) in [6.07, 6.45) is 2.90. The number of nitrogens with zero attached hydrogens (tertiary/aromatic N) is 1. The Morgan fingerprint density at radius 1 is 1.27 bits per heavy atom. The van der Waals surface area contributed by atoms with Crippen molar-refractivity contribution in [3.05, 3.63) is 28.3 Å². The van der Waals surface area contributed by atoms with Crippen LogP contribution in [0.25, 0.3) is 0 Å². The zero-order chi connectivity index (χ0) is 22.3. The van der Waals surface area contributed by atoms with Gasteiger partial charge in [-0.1, -0.05) is 39.3 Å². The molecule has 1 aliphatic heterocycles. The number of carbonyl (C=O) groups excluding carboxylic acids is 1. The van der Waals surface area contributed by atoms with Gasteiger partial charge in [0.1, 0.15) is 5.75 Å². The van der Waals surface area contributed by atoms with Crippen molar-refractivity contribution >= 4 is 31.5 Å². The number of nitrogens with one attached hydrogen (secondary N) is 1. The van der Waals surface area contributed by atoms with Crippen molar-refractivity contribution in [2.24, 2.45) is 16.9 Å². The van der Waals surface area contributed by atoms with Gasteiger partial charge < -0.3 is 9.16 Å². The summed E-state index contributed by atoms with van der Waals surface area (Å²) < 4.78 is 12.6. The Kier molecular flexibility index (Phi) is 6.70. The van der Waals surface area contributed by atoms with E-state index in [2.05, 4.69) is 44.4 Å². The van der Waals surface area contributed by atoms with E-state index in [9.17, 15) is 4.79 Å². The maximum atomic E-state index is 11.5. The van der Waals surface area contributed by atoms with Crippen molar-refractivity contribution in [1.82, 2.24) is 5.43 Å². The maximum Gasteiger partial charge on any atom is 0.240 e. The van der Waals surface area contributed by atoms with E-state index in [1.807, 2.05) is 26.0 Å². The lowest BCUT2D eigenvalue weighted by molar-refractivity contribution is -0.121. The molecule has 0 saturated heterocycles. The number of hydrogen-bond donors (Lipinski definition) is 1. The Morgan fingerprint density at radius 2 is 1.93 bits per heavy atom. The molecule has 30 heavy (non-hydrogen) atoms. The number of ether oxygens (including phenoxy) is 1. The van der Waals surface area contributed by atoms with E-state index in [-0.39, 0.29) is 16.9 Å². The van der Waals surface area contributed by atoms with Crippen molar-refractivity contribution in [3.8, 4) is 5.75 Å². The molecular formula is C23H35ClN2O3Si. The minimum absolute atomic E-state index is 0.0506. The van der Waals surface area contributed by atoms with E-state index >= 15 is 0 Å². The van der Waals surface area contributed by atoms with E-state index in [0.717, 1.165) is 35.4 Å². The maximum absolute atomic E-state index is 11.5. The van der Waals surface area contributed by atoms with E-state index in [0.29, 0.717) is 30.1 Å². The molecule has 0 bridgehead atoms. The van der Waals surface area contributed by atoms with Crippen LogP contribution < -0.4 is 10.2 Å². The summed E-state index contributed by atoms with van der Waals surface area (Å²) in [7, 11) is -1.70. The van der Waals surface area contributed by atoms with Crippen molar-refractivity contribution in [2.45, 2.75) is 78.1 Å². The van der Waals surface area contributed by atoms with Crippen LogP contribution in [-0.4, -0.2) is 32.6 Å². The summed E-state index contributed by atoms with van der Waals surface area (Å²) in [4.78, 5) is 11.5. The lowest BCUT2D eigenvalue weighted by atomic mass is 9.83. The van der Waals surface area contributed by atoms with Crippen LogP contribution in [-0.2, 0) is 9.22 Å². The molecule has 0 radical (unpaired) electrons. The first-order chi connectivity index (χ1) is 13.9. The second kappa shape index (κ2) is 8.64. The Bertz CT molecular complexity index is 818. The predicted octanol–water partition coefficient (Wildman–Crippen LogP) is 5.69. The van der Waals surface area contributed by atoms with Crippen LogP contribution in [0.2, 0.25) is 23.2 Å². The van der Waals surface area contributed by atoms with Crippen LogP contribution in [0.3, 0.4) is 0 Å². The van der Waals surface area contributed by atoms with Crippen LogP contribution in [0.15, 0.2) is 17.2 Å². The van der Waals surface area contributed by atoms with Gasteiger partial charge in [0, 0.05) is 24.0 Å². The van der Waals surface area contributed by atoms with Crippen molar-refractivity contribution < 1.29 is 14.0 Å². The fourth-order valence-corrected chi connectivity index (χ4v) is 5.47. The number of benzene rings is 1. The third-order valence-corrected chi connectivity index (χ3v) is 11.5. The molecule has 1 unspecified atom stereocenters. The molecule has 2 aliphatic rings. The number of rotatable bonds is 6. The molecule has 0 spiro atoms. The summed E-state index contributed by atoms with van der Waals surface area (Å²) in [5, 5.41) is 5.06. The van der Waals surface area contributed by atoms with Crippen LogP contribution in [0.5, 0.6) is 5.75 Å². The van der Waals surface area contributed by atoms with E-state index in [4.69, 9.17) is 20.8 Å². The van der Waals surface area contributed by atoms with Crippen molar-refractivity contribution in [3.63, 3.8) is 0 Å².